The molecule has 0 atom stereocenters. The maximum absolute atomic E-state index is 13.8. The van der Waals surface area contributed by atoms with Gasteiger partial charge in [-0.2, -0.15) is 4.39 Å². The minimum absolute atomic E-state index is 0.0410. The quantitative estimate of drug-likeness (QED) is 0.614. The average Bonchev–Trinajstić information content (AvgIpc) is 2.46. The lowest BCUT2D eigenvalue weighted by Crippen LogP contribution is -2.02. The average molecular weight is 275 g/mol. The maximum atomic E-state index is 13.8. The Bertz CT molecular complexity index is 628. The van der Waals surface area contributed by atoms with Crippen molar-refractivity contribution in [3.05, 3.63) is 69.5 Å². The van der Waals surface area contributed by atoms with Crippen LogP contribution in [0.4, 0.5) is 10.1 Å². The zero-order valence-electron chi connectivity index (χ0n) is 11.0. The molecule has 0 aliphatic rings. The lowest BCUT2D eigenvalue weighted by molar-refractivity contribution is -0.387. The summed E-state index contributed by atoms with van der Waals surface area (Å²) < 4.78 is 19.3. The Hall–Kier alpha value is -2.43. The third-order valence-corrected chi connectivity index (χ3v) is 2.96. The molecule has 4 nitrogen and oxygen atoms in total. The monoisotopic (exact) mass is 275 g/mol. The van der Waals surface area contributed by atoms with E-state index in [1.54, 1.807) is 6.07 Å². The number of halogens is 1. The highest BCUT2D eigenvalue weighted by atomic mass is 19.1. The molecule has 5 heteroatoms. The Morgan fingerprint density at radius 1 is 1.25 bits per heavy atom. The minimum atomic E-state index is -0.843. The van der Waals surface area contributed by atoms with Crippen molar-refractivity contribution in [3.63, 3.8) is 0 Å². The fourth-order valence-electron chi connectivity index (χ4n) is 1.83. The second-order valence-electron chi connectivity index (χ2n) is 4.30. The molecule has 0 aromatic heterocycles. The summed E-state index contributed by atoms with van der Waals surface area (Å²) in [7, 11) is 0. The van der Waals surface area contributed by atoms with Gasteiger partial charge in [-0.1, -0.05) is 31.2 Å². The molecule has 0 fully saturated rings. The Morgan fingerprint density at radius 2 is 2.00 bits per heavy atom. The summed E-state index contributed by atoms with van der Waals surface area (Å²) in [5.41, 5.74) is 0.747. The summed E-state index contributed by atoms with van der Waals surface area (Å²) in [6.07, 6.45) is 0.877. The van der Waals surface area contributed by atoms with E-state index >= 15 is 0 Å². The molecule has 0 N–H and O–H groups in total. The predicted octanol–water partition coefficient (Wildman–Crippen LogP) is 3.88. The first-order valence-corrected chi connectivity index (χ1v) is 6.25. The van der Waals surface area contributed by atoms with Crippen LogP contribution in [0.3, 0.4) is 0 Å². The van der Waals surface area contributed by atoms with E-state index in [9.17, 15) is 14.5 Å². The number of hydrogen-bond donors (Lipinski definition) is 0. The van der Waals surface area contributed by atoms with Gasteiger partial charge in [-0.25, -0.2) is 0 Å². The Kier molecular flexibility index (Phi) is 4.30. The molecule has 20 heavy (non-hydrogen) atoms. The van der Waals surface area contributed by atoms with Crippen molar-refractivity contribution in [2.75, 3.05) is 0 Å². The molecule has 0 amide bonds. The van der Waals surface area contributed by atoms with Crippen LogP contribution in [-0.2, 0) is 13.0 Å². The van der Waals surface area contributed by atoms with Crippen LogP contribution in [-0.4, -0.2) is 4.92 Å². The summed E-state index contributed by atoms with van der Waals surface area (Å²) in [5.74, 6) is -0.223. The zero-order chi connectivity index (χ0) is 14.5. The van der Waals surface area contributed by atoms with Crippen molar-refractivity contribution in [1.82, 2.24) is 0 Å². The number of rotatable bonds is 5. The summed E-state index contributed by atoms with van der Waals surface area (Å²) in [6.45, 7) is 1.99. The van der Waals surface area contributed by atoms with Crippen molar-refractivity contribution >= 4 is 5.69 Å². The van der Waals surface area contributed by atoms with Crippen molar-refractivity contribution in [1.29, 1.82) is 0 Å². The molecule has 0 aliphatic carbocycles. The molecule has 0 bridgehead atoms. The van der Waals surface area contributed by atoms with Crippen LogP contribution >= 0.6 is 0 Å². The second-order valence-corrected chi connectivity index (χ2v) is 4.30. The molecule has 2 aromatic carbocycles. The van der Waals surface area contributed by atoms with E-state index in [0.717, 1.165) is 18.1 Å². The molecule has 2 rings (SSSR count). The van der Waals surface area contributed by atoms with Gasteiger partial charge in [0.05, 0.1) is 4.92 Å². The fraction of sp³-hybridized carbons (Fsp3) is 0.200. The van der Waals surface area contributed by atoms with E-state index in [1.165, 1.54) is 12.1 Å². The molecular formula is C15H14FNO3. The summed E-state index contributed by atoms with van der Waals surface area (Å²) in [4.78, 5) is 9.92. The van der Waals surface area contributed by atoms with Crippen molar-refractivity contribution in [2.24, 2.45) is 0 Å². The van der Waals surface area contributed by atoms with Gasteiger partial charge in [-0.05, 0) is 24.1 Å². The van der Waals surface area contributed by atoms with Gasteiger partial charge in [0.15, 0.2) is 0 Å². The molecule has 0 spiro atoms. The second kappa shape index (κ2) is 6.14. The molecule has 0 saturated carbocycles. The fourth-order valence-corrected chi connectivity index (χ4v) is 1.83. The maximum Gasteiger partial charge on any atom is 0.305 e. The van der Waals surface area contributed by atoms with Crippen LogP contribution in [0.1, 0.15) is 18.1 Å². The number of ether oxygens (including phenoxy) is 1. The first kappa shape index (κ1) is 14.0. The van der Waals surface area contributed by atoms with Gasteiger partial charge >= 0.3 is 5.69 Å². The predicted molar refractivity (Wildman–Crippen MR) is 73.2 cm³/mol. The van der Waals surface area contributed by atoms with Gasteiger partial charge in [0.1, 0.15) is 12.4 Å². The Morgan fingerprint density at radius 3 is 2.70 bits per heavy atom. The standard InChI is InChI=1S/C15H14FNO3/c1-2-11-5-3-7-13(9-11)20-10-12-6-4-8-14(15(12)16)17(18)19/h3-9H,2,10H2,1H3. The molecule has 104 valence electrons. The van der Waals surface area contributed by atoms with Gasteiger partial charge in [0.25, 0.3) is 0 Å². The minimum Gasteiger partial charge on any atom is -0.489 e. The third kappa shape index (κ3) is 3.12. The van der Waals surface area contributed by atoms with Gasteiger partial charge in [0, 0.05) is 11.6 Å². The number of nitro groups is 1. The van der Waals surface area contributed by atoms with Crippen LogP contribution in [0.25, 0.3) is 0 Å². The summed E-state index contributed by atoms with van der Waals surface area (Å²) >= 11 is 0. The van der Waals surface area contributed by atoms with Crippen molar-refractivity contribution in [3.8, 4) is 5.75 Å². The van der Waals surface area contributed by atoms with Crippen LogP contribution in [0.2, 0.25) is 0 Å². The van der Waals surface area contributed by atoms with Crippen LogP contribution in [0, 0.1) is 15.9 Å². The van der Waals surface area contributed by atoms with Gasteiger partial charge < -0.3 is 4.74 Å². The van der Waals surface area contributed by atoms with Crippen LogP contribution in [0.15, 0.2) is 42.5 Å². The van der Waals surface area contributed by atoms with E-state index in [-0.39, 0.29) is 12.2 Å². The number of hydrogen-bond acceptors (Lipinski definition) is 3. The highest BCUT2D eigenvalue weighted by Gasteiger charge is 2.17. The van der Waals surface area contributed by atoms with E-state index in [4.69, 9.17) is 4.74 Å². The van der Waals surface area contributed by atoms with E-state index < -0.39 is 16.4 Å². The number of benzene rings is 2. The molecule has 0 saturated heterocycles. The van der Waals surface area contributed by atoms with Gasteiger partial charge in [-0.15, -0.1) is 0 Å². The van der Waals surface area contributed by atoms with Gasteiger partial charge in [-0.3, -0.25) is 10.1 Å². The van der Waals surface area contributed by atoms with E-state index in [1.807, 2.05) is 25.1 Å². The largest absolute Gasteiger partial charge is 0.489 e. The molecule has 2 aromatic rings. The topological polar surface area (TPSA) is 52.4 Å². The lowest BCUT2D eigenvalue weighted by atomic mass is 10.1. The normalized spacial score (nSPS) is 10.3. The van der Waals surface area contributed by atoms with Crippen LogP contribution < -0.4 is 4.74 Å². The number of nitro benzene ring substituents is 1. The zero-order valence-corrected chi connectivity index (χ0v) is 11.0. The van der Waals surface area contributed by atoms with Crippen LogP contribution in [0.5, 0.6) is 5.75 Å². The highest BCUT2D eigenvalue weighted by molar-refractivity contribution is 5.37. The lowest BCUT2D eigenvalue weighted by Gasteiger charge is -2.08. The number of aryl methyl sites for hydroxylation is 1. The molecule has 0 unspecified atom stereocenters. The van der Waals surface area contributed by atoms with Crippen molar-refractivity contribution in [2.45, 2.75) is 20.0 Å². The molecule has 0 radical (unpaired) electrons. The molecule has 0 heterocycles. The Labute approximate surface area is 116 Å². The number of nitrogens with zero attached hydrogens (tertiary/aromatic N) is 1. The van der Waals surface area contributed by atoms with Gasteiger partial charge in [0.2, 0.25) is 5.82 Å². The smallest absolute Gasteiger partial charge is 0.305 e. The first-order chi connectivity index (χ1) is 9.61. The molecule has 0 aliphatic heterocycles. The van der Waals surface area contributed by atoms with E-state index in [2.05, 4.69) is 0 Å². The van der Waals surface area contributed by atoms with Crippen molar-refractivity contribution < 1.29 is 14.1 Å². The molecular weight excluding hydrogens is 261 g/mol. The first-order valence-electron chi connectivity index (χ1n) is 6.25. The summed E-state index contributed by atoms with van der Waals surface area (Å²) in [6, 6.07) is 11.5. The third-order valence-electron chi connectivity index (χ3n) is 2.96. The Balaban J connectivity index is 2.14. The summed E-state index contributed by atoms with van der Waals surface area (Å²) in [5, 5.41) is 10.7. The highest BCUT2D eigenvalue weighted by Crippen LogP contribution is 2.22. The SMILES string of the molecule is CCc1cccc(OCc2cccc([N+](=O)[O-])c2F)c1. The van der Waals surface area contributed by atoms with E-state index in [0.29, 0.717) is 5.75 Å².